The highest BCUT2D eigenvalue weighted by molar-refractivity contribution is 9.10. The molecule has 1 saturated heterocycles. The lowest BCUT2D eigenvalue weighted by atomic mass is 9.82. The molecule has 2 rings (SSSR count). The van der Waals surface area contributed by atoms with Gasteiger partial charge in [-0.2, -0.15) is 0 Å². The van der Waals surface area contributed by atoms with Gasteiger partial charge in [0.2, 0.25) is 0 Å². The third-order valence-electron chi connectivity index (χ3n) is 4.08. The molecule has 0 amide bonds. The molecule has 104 valence electrons. The second-order valence-electron chi connectivity index (χ2n) is 5.31. The number of benzene rings is 1. The fourth-order valence-corrected chi connectivity index (χ4v) is 3.10. The van der Waals surface area contributed by atoms with Crippen molar-refractivity contribution in [3.63, 3.8) is 0 Å². The van der Waals surface area contributed by atoms with E-state index in [1.54, 1.807) is 0 Å². The predicted octanol–water partition coefficient (Wildman–Crippen LogP) is 5.31. The number of ether oxygens (including phenoxy) is 1. The van der Waals surface area contributed by atoms with Crippen molar-refractivity contribution in [2.45, 2.75) is 32.6 Å². The molecule has 1 aromatic rings. The van der Waals surface area contributed by atoms with Crippen molar-refractivity contribution in [2.75, 3.05) is 13.2 Å². The highest BCUT2D eigenvalue weighted by Gasteiger charge is 2.21. The summed E-state index contributed by atoms with van der Waals surface area (Å²) in [4.78, 5) is 0. The first-order chi connectivity index (χ1) is 9.29. The number of rotatable bonds is 5. The molecule has 0 spiro atoms. The van der Waals surface area contributed by atoms with E-state index < -0.39 is 0 Å². The molecule has 1 nitrogen and oxygen atoms in total. The molecule has 19 heavy (non-hydrogen) atoms. The number of hydrogen-bond acceptors (Lipinski definition) is 1. The fraction of sp³-hybridized carbons (Fsp3) is 0.529. The van der Waals surface area contributed by atoms with E-state index in [0.717, 1.165) is 29.5 Å². The van der Waals surface area contributed by atoms with E-state index in [2.05, 4.69) is 59.3 Å². The summed E-state index contributed by atoms with van der Waals surface area (Å²) in [5, 5.41) is 0. The highest BCUT2D eigenvalue weighted by atomic mass is 79.9. The Bertz CT molecular complexity index is 390. The summed E-state index contributed by atoms with van der Waals surface area (Å²) < 4.78 is 6.59. The molecular formula is C17H23BrO. The Morgan fingerprint density at radius 3 is 2.58 bits per heavy atom. The monoisotopic (exact) mass is 322 g/mol. The summed E-state index contributed by atoms with van der Waals surface area (Å²) in [6.45, 7) is 4.22. The van der Waals surface area contributed by atoms with Crippen molar-refractivity contribution in [1.82, 2.24) is 0 Å². The second kappa shape index (κ2) is 7.86. The molecular weight excluding hydrogens is 300 g/mol. The molecule has 1 unspecified atom stereocenters. The smallest absolute Gasteiger partial charge is 0.0468 e. The Balaban J connectivity index is 1.86. The van der Waals surface area contributed by atoms with Crippen LogP contribution in [0.25, 0.3) is 6.08 Å². The van der Waals surface area contributed by atoms with Crippen LogP contribution in [0.1, 0.15) is 38.2 Å². The van der Waals surface area contributed by atoms with Gasteiger partial charge in [-0.3, -0.25) is 0 Å². The zero-order valence-electron chi connectivity index (χ0n) is 11.6. The van der Waals surface area contributed by atoms with Gasteiger partial charge in [0.25, 0.3) is 0 Å². The van der Waals surface area contributed by atoms with Crippen molar-refractivity contribution in [3.8, 4) is 0 Å². The summed E-state index contributed by atoms with van der Waals surface area (Å²) in [5.41, 5.74) is 1.28. The van der Waals surface area contributed by atoms with Gasteiger partial charge < -0.3 is 4.74 Å². The third kappa shape index (κ3) is 4.77. The van der Waals surface area contributed by atoms with Gasteiger partial charge >= 0.3 is 0 Å². The summed E-state index contributed by atoms with van der Waals surface area (Å²) in [6, 6.07) is 8.48. The quantitative estimate of drug-likeness (QED) is 0.714. The van der Waals surface area contributed by atoms with Crippen LogP contribution < -0.4 is 0 Å². The largest absolute Gasteiger partial charge is 0.381 e. The van der Waals surface area contributed by atoms with Crippen LogP contribution in [0.5, 0.6) is 0 Å². The van der Waals surface area contributed by atoms with Gasteiger partial charge in [0.05, 0.1) is 0 Å². The van der Waals surface area contributed by atoms with Crippen molar-refractivity contribution in [3.05, 3.63) is 40.4 Å². The van der Waals surface area contributed by atoms with Crippen molar-refractivity contribution in [2.24, 2.45) is 11.8 Å². The molecule has 1 heterocycles. The van der Waals surface area contributed by atoms with Crippen LogP contribution in [0.3, 0.4) is 0 Å². The lowest BCUT2D eigenvalue weighted by Gasteiger charge is -2.28. The Labute approximate surface area is 125 Å². The van der Waals surface area contributed by atoms with Crippen LogP contribution in [-0.4, -0.2) is 13.2 Å². The maximum Gasteiger partial charge on any atom is 0.0468 e. The molecule has 1 aliphatic heterocycles. The standard InChI is InChI=1S/C17H23BrO/c1-2-15(16-10-12-19-13-11-16)5-3-4-14-6-8-17(18)9-7-14/h3-4,6-9,15-16H,2,5,10-13H2,1H3. The number of halogens is 1. The van der Waals surface area contributed by atoms with Gasteiger partial charge in [0.1, 0.15) is 0 Å². The van der Waals surface area contributed by atoms with Crippen molar-refractivity contribution < 1.29 is 4.74 Å². The van der Waals surface area contributed by atoms with E-state index in [1.807, 2.05) is 0 Å². The van der Waals surface area contributed by atoms with Gasteiger partial charge in [0.15, 0.2) is 0 Å². The van der Waals surface area contributed by atoms with E-state index >= 15 is 0 Å². The maximum absolute atomic E-state index is 5.46. The van der Waals surface area contributed by atoms with Gasteiger partial charge in [-0.1, -0.05) is 53.6 Å². The number of allylic oxidation sites excluding steroid dienone is 1. The molecule has 1 fully saturated rings. The van der Waals surface area contributed by atoms with Crippen LogP contribution >= 0.6 is 15.9 Å². The predicted molar refractivity (Wildman–Crippen MR) is 85.1 cm³/mol. The SMILES string of the molecule is CCC(CC=Cc1ccc(Br)cc1)C1CCOCC1. The first kappa shape index (κ1) is 14.8. The van der Waals surface area contributed by atoms with Crippen LogP contribution in [0.2, 0.25) is 0 Å². The Hall–Kier alpha value is -0.600. The fourth-order valence-electron chi connectivity index (χ4n) is 2.83. The van der Waals surface area contributed by atoms with Gasteiger partial charge in [-0.25, -0.2) is 0 Å². The van der Waals surface area contributed by atoms with Crippen molar-refractivity contribution in [1.29, 1.82) is 0 Å². The lowest BCUT2D eigenvalue weighted by molar-refractivity contribution is 0.0463. The van der Waals surface area contributed by atoms with E-state index in [0.29, 0.717) is 0 Å². The van der Waals surface area contributed by atoms with E-state index in [1.165, 1.54) is 31.2 Å². The van der Waals surface area contributed by atoms with E-state index in [-0.39, 0.29) is 0 Å². The Morgan fingerprint density at radius 1 is 1.26 bits per heavy atom. The van der Waals surface area contributed by atoms with Crippen LogP contribution in [0, 0.1) is 11.8 Å². The van der Waals surface area contributed by atoms with E-state index in [4.69, 9.17) is 4.74 Å². The van der Waals surface area contributed by atoms with Crippen LogP contribution in [0.4, 0.5) is 0 Å². The Kier molecular flexibility index (Phi) is 6.12. The minimum atomic E-state index is 0.815. The topological polar surface area (TPSA) is 9.23 Å². The lowest BCUT2D eigenvalue weighted by Crippen LogP contribution is -2.22. The molecule has 1 aliphatic rings. The third-order valence-corrected chi connectivity index (χ3v) is 4.60. The first-order valence-corrected chi connectivity index (χ1v) is 8.08. The van der Waals surface area contributed by atoms with Crippen LogP contribution in [-0.2, 0) is 4.74 Å². The maximum atomic E-state index is 5.46. The molecule has 0 radical (unpaired) electrons. The average Bonchev–Trinajstić information content (AvgIpc) is 2.46. The van der Waals surface area contributed by atoms with Gasteiger partial charge in [0, 0.05) is 17.7 Å². The molecule has 0 saturated carbocycles. The van der Waals surface area contributed by atoms with Gasteiger partial charge in [-0.15, -0.1) is 0 Å². The van der Waals surface area contributed by atoms with Crippen molar-refractivity contribution >= 4 is 22.0 Å². The zero-order valence-corrected chi connectivity index (χ0v) is 13.2. The number of hydrogen-bond donors (Lipinski definition) is 0. The zero-order chi connectivity index (χ0) is 13.5. The molecule has 0 N–H and O–H groups in total. The highest BCUT2D eigenvalue weighted by Crippen LogP contribution is 2.29. The first-order valence-electron chi connectivity index (χ1n) is 7.29. The summed E-state index contributed by atoms with van der Waals surface area (Å²) in [5.74, 6) is 1.67. The molecule has 0 bridgehead atoms. The molecule has 0 aliphatic carbocycles. The normalized spacial score (nSPS) is 18.8. The molecule has 0 aromatic heterocycles. The summed E-state index contributed by atoms with van der Waals surface area (Å²) >= 11 is 3.46. The molecule has 1 aromatic carbocycles. The molecule has 1 atom stereocenters. The minimum Gasteiger partial charge on any atom is -0.381 e. The molecule has 2 heteroatoms. The van der Waals surface area contributed by atoms with Crippen LogP contribution in [0.15, 0.2) is 34.8 Å². The second-order valence-corrected chi connectivity index (χ2v) is 6.22. The van der Waals surface area contributed by atoms with Gasteiger partial charge in [-0.05, 0) is 48.8 Å². The minimum absolute atomic E-state index is 0.815. The Morgan fingerprint density at radius 2 is 1.95 bits per heavy atom. The summed E-state index contributed by atoms with van der Waals surface area (Å²) in [7, 11) is 0. The van der Waals surface area contributed by atoms with E-state index in [9.17, 15) is 0 Å². The average molecular weight is 323 g/mol. The summed E-state index contributed by atoms with van der Waals surface area (Å²) in [6.07, 6.45) is 9.53.